The van der Waals surface area contributed by atoms with E-state index in [1.54, 1.807) is 32.0 Å². The topological polar surface area (TPSA) is 69.6 Å². The first-order chi connectivity index (χ1) is 12.3. The predicted molar refractivity (Wildman–Crippen MR) is 105 cm³/mol. The van der Waals surface area contributed by atoms with Gasteiger partial charge in [0, 0.05) is 0 Å². The lowest BCUT2D eigenvalue weighted by Gasteiger charge is -2.29. The maximum absolute atomic E-state index is 13.0. The smallest absolute Gasteiger partial charge is 0.270 e. The molecular formula is C20H18N2O3S. The summed E-state index contributed by atoms with van der Waals surface area (Å²) in [7, 11) is 0. The molecule has 1 fully saturated rings. The zero-order valence-corrected chi connectivity index (χ0v) is 15.5. The van der Waals surface area contributed by atoms with E-state index in [2.05, 4.69) is 5.32 Å². The van der Waals surface area contributed by atoms with Crippen LogP contribution in [0.5, 0.6) is 5.75 Å². The van der Waals surface area contributed by atoms with Crippen LogP contribution in [-0.4, -0.2) is 22.0 Å². The van der Waals surface area contributed by atoms with Crippen LogP contribution in [0.3, 0.4) is 0 Å². The third-order valence-electron chi connectivity index (χ3n) is 4.19. The Balaban J connectivity index is 2.06. The van der Waals surface area contributed by atoms with Crippen LogP contribution < -0.4 is 10.2 Å². The molecule has 3 rings (SSSR count). The number of carbonyl (C=O) groups is 2. The van der Waals surface area contributed by atoms with E-state index < -0.39 is 11.8 Å². The fourth-order valence-electron chi connectivity index (χ4n) is 2.90. The molecule has 2 aromatic rings. The number of hydrogen-bond acceptors (Lipinski definition) is 4. The number of aromatic hydroxyl groups is 1. The number of amides is 2. The fraction of sp³-hybridized carbons (Fsp3) is 0.150. The number of anilines is 1. The molecule has 0 unspecified atom stereocenters. The highest BCUT2D eigenvalue weighted by atomic mass is 32.1. The lowest BCUT2D eigenvalue weighted by molar-refractivity contribution is -0.122. The number of phenols is 1. The third-order valence-corrected chi connectivity index (χ3v) is 4.47. The van der Waals surface area contributed by atoms with Crippen LogP contribution in [0.1, 0.15) is 22.3 Å². The van der Waals surface area contributed by atoms with Gasteiger partial charge in [-0.3, -0.25) is 19.8 Å². The SMILES string of the molecule is Cc1cccc(N2C(=O)/C(=C/c3cc(C)c(O)c(C)c3)C(=O)NC2=S)c1. The Morgan fingerprint density at radius 3 is 2.35 bits per heavy atom. The highest BCUT2D eigenvalue weighted by Gasteiger charge is 2.34. The van der Waals surface area contributed by atoms with Gasteiger partial charge in [-0.2, -0.15) is 0 Å². The van der Waals surface area contributed by atoms with Crippen LogP contribution in [0.15, 0.2) is 42.0 Å². The highest BCUT2D eigenvalue weighted by molar-refractivity contribution is 7.80. The van der Waals surface area contributed by atoms with Gasteiger partial charge in [0.15, 0.2) is 5.11 Å². The van der Waals surface area contributed by atoms with Gasteiger partial charge in [-0.15, -0.1) is 0 Å². The molecule has 0 bridgehead atoms. The minimum atomic E-state index is -0.535. The minimum Gasteiger partial charge on any atom is -0.507 e. The molecule has 1 aliphatic rings. The van der Waals surface area contributed by atoms with Gasteiger partial charge in [-0.05, 0) is 85.6 Å². The van der Waals surface area contributed by atoms with Crippen molar-refractivity contribution in [2.24, 2.45) is 0 Å². The number of phenolic OH excluding ortho intramolecular Hbond substituents is 1. The number of benzene rings is 2. The van der Waals surface area contributed by atoms with Crippen molar-refractivity contribution in [1.29, 1.82) is 0 Å². The van der Waals surface area contributed by atoms with Crippen LogP contribution in [0.2, 0.25) is 0 Å². The number of thiocarbonyl (C=S) groups is 1. The van der Waals surface area contributed by atoms with Crippen molar-refractivity contribution in [1.82, 2.24) is 5.32 Å². The van der Waals surface area contributed by atoms with E-state index in [4.69, 9.17) is 12.2 Å². The van der Waals surface area contributed by atoms with E-state index >= 15 is 0 Å². The van der Waals surface area contributed by atoms with Crippen molar-refractivity contribution in [3.05, 3.63) is 64.2 Å². The van der Waals surface area contributed by atoms with Gasteiger partial charge >= 0.3 is 0 Å². The Kier molecular flexibility index (Phi) is 4.61. The molecule has 132 valence electrons. The summed E-state index contributed by atoms with van der Waals surface area (Å²) in [5, 5.41) is 12.5. The lowest BCUT2D eigenvalue weighted by atomic mass is 10.0. The van der Waals surface area contributed by atoms with Crippen molar-refractivity contribution in [3.63, 3.8) is 0 Å². The second-order valence-electron chi connectivity index (χ2n) is 6.30. The molecule has 0 aliphatic carbocycles. The number of hydrogen-bond donors (Lipinski definition) is 2. The van der Waals surface area contributed by atoms with E-state index in [0.29, 0.717) is 22.4 Å². The Labute approximate surface area is 156 Å². The van der Waals surface area contributed by atoms with Gasteiger partial charge in [0.2, 0.25) is 0 Å². The van der Waals surface area contributed by atoms with Crippen LogP contribution in [0.4, 0.5) is 5.69 Å². The van der Waals surface area contributed by atoms with Crippen LogP contribution in [-0.2, 0) is 9.59 Å². The number of nitrogens with zero attached hydrogens (tertiary/aromatic N) is 1. The van der Waals surface area contributed by atoms with Gasteiger partial charge < -0.3 is 5.11 Å². The first kappa shape index (κ1) is 17.8. The average Bonchev–Trinajstić information content (AvgIpc) is 2.56. The molecule has 6 heteroatoms. The summed E-state index contributed by atoms with van der Waals surface area (Å²) in [5.41, 5.74) is 3.57. The molecule has 1 aliphatic heterocycles. The summed E-state index contributed by atoms with van der Waals surface area (Å²) >= 11 is 5.20. The zero-order chi connectivity index (χ0) is 19.0. The first-order valence-corrected chi connectivity index (χ1v) is 8.47. The van der Waals surface area contributed by atoms with Crippen molar-refractivity contribution in [2.75, 3.05) is 4.90 Å². The van der Waals surface area contributed by atoms with E-state index in [1.807, 2.05) is 25.1 Å². The van der Waals surface area contributed by atoms with Gasteiger partial charge in [-0.1, -0.05) is 12.1 Å². The minimum absolute atomic E-state index is 0.00963. The average molecular weight is 366 g/mol. The Morgan fingerprint density at radius 2 is 1.73 bits per heavy atom. The zero-order valence-electron chi connectivity index (χ0n) is 14.7. The van der Waals surface area contributed by atoms with Crippen LogP contribution in [0, 0.1) is 20.8 Å². The number of carbonyl (C=O) groups excluding carboxylic acids is 2. The van der Waals surface area contributed by atoms with E-state index in [0.717, 1.165) is 5.56 Å². The Morgan fingerprint density at radius 1 is 1.08 bits per heavy atom. The molecule has 2 N–H and O–H groups in total. The van der Waals surface area contributed by atoms with Crippen LogP contribution >= 0.6 is 12.2 Å². The summed E-state index contributed by atoms with van der Waals surface area (Å²) in [4.78, 5) is 26.6. The molecule has 2 aromatic carbocycles. The molecule has 5 nitrogen and oxygen atoms in total. The molecule has 1 heterocycles. The van der Waals surface area contributed by atoms with E-state index in [-0.39, 0.29) is 16.4 Å². The fourth-order valence-corrected chi connectivity index (χ4v) is 3.18. The normalized spacial score (nSPS) is 16.2. The Hall–Kier alpha value is -2.99. The maximum Gasteiger partial charge on any atom is 0.270 e. The van der Waals surface area contributed by atoms with E-state index in [1.165, 1.54) is 11.0 Å². The summed E-state index contributed by atoms with van der Waals surface area (Å²) in [6, 6.07) is 10.8. The van der Waals surface area contributed by atoms with Crippen molar-refractivity contribution < 1.29 is 14.7 Å². The monoisotopic (exact) mass is 366 g/mol. The standard InChI is InChI=1S/C20H18N2O3S/c1-11-5-4-6-15(7-11)22-19(25)16(18(24)21-20(22)26)10-14-8-12(2)17(23)13(3)9-14/h4-10,23H,1-3H3,(H,21,24,26)/b16-10+. The van der Waals surface area contributed by atoms with Gasteiger partial charge in [0.1, 0.15) is 11.3 Å². The highest BCUT2D eigenvalue weighted by Crippen LogP contribution is 2.26. The second-order valence-corrected chi connectivity index (χ2v) is 6.69. The molecule has 1 saturated heterocycles. The summed E-state index contributed by atoms with van der Waals surface area (Å²) < 4.78 is 0. The molecule has 0 radical (unpaired) electrons. The molecule has 0 aromatic heterocycles. The summed E-state index contributed by atoms with van der Waals surface area (Å²) in [6.45, 7) is 5.45. The molecule has 0 spiro atoms. The van der Waals surface area contributed by atoms with E-state index in [9.17, 15) is 14.7 Å². The molecule has 26 heavy (non-hydrogen) atoms. The first-order valence-electron chi connectivity index (χ1n) is 8.06. The summed E-state index contributed by atoms with van der Waals surface area (Å²) in [5.74, 6) is -0.811. The molecule has 0 saturated carbocycles. The largest absolute Gasteiger partial charge is 0.507 e. The Bertz CT molecular complexity index is 956. The summed E-state index contributed by atoms with van der Waals surface area (Å²) in [6.07, 6.45) is 1.52. The third kappa shape index (κ3) is 3.23. The number of rotatable bonds is 2. The van der Waals surface area contributed by atoms with Crippen molar-refractivity contribution in [3.8, 4) is 5.75 Å². The predicted octanol–water partition coefficient (Wildman–Crippen LogP) is 3.15. The maximum atomic E-state index is 13.0. The van der Waals surface area contributed by atoms with Crippen molar-refractivity contribution >= 4 is 40.9 Å². The lowest BCUT2D eigenvalue weighted by Crippen LogP contribution is -2.54. The number of nitrogens with one attached hydrogen (secondary N) is 1. The van der Waals surface area contributed by atoms with Gasteiger partial charge in [0.25, 0.3) is 11.8 Å². The van der Waals surface area contributed by atoms with Gasteiger partial charge in [0.05, 0.1) is 5.69 Å². The molecule has 2 amide bonds. The number of aryl methyl sites for hydroxylation is 3. The molecular weight excluding hydrogens is 348 g/mol. The van der Waals surface area contributed by atoms with Gasteiger partial charge in [-0.25, -0.2) is 0 Å². The quantitative estimate of drug-likeness (QED) is 0.487. The van der Waals surface area contributed by atoms with Crippen molar-refractivity contribution in [2.45, 2.75) is 20.8 Å². The second kappa shape index (κ2) is 6.72. The molecule has 0 atom stereocenters. The van der Waals surface area contributed by atoms with Crippen LogP contribution in [0.25, 0.3) is 6.08 Å².